The Morgan fingerprint density at radius 2 is 1.63 bits per heavy atom. The van der Waals surface area contributed by atoms with Gasteiger partial charge in [-0.15, -0.1) is 0 Å². The molecule has 2 rings (SSSR count). The molecular formula is C16H32N2O. The second-order valence-corrected chi connectivity index (χ2v) is 8.22. The average Bonchev–Trinajstić information content (AvgIpc) is 2.57. The van der Waals surface area contributed by atoms with Crippen molar-refractivity contribution < 1.29 is 4.74 Å². The minimum absolute atomic E-state index is 0.230. The van der Waals surface area contributed by atoms with Crippen LogP contribution in [0.5, 0.6) is 0 Å². The van der Waals surface area contributed by atoms with Gasteiger partial charge in [-0.3, -0.25) is 9.80 Å². The van der Waals surface area contributed by atoms with Crippen molar-refractivity contribution in [3.05, 3.63) is 0 Å². The van der Waals surface area contributed by atoms with E-state index in [0.717, 1.165) is 12.6 Å². The van der Waals surface area contributed by atoms with E-state index >= 15 is 0 Å². The number of piperazine rings is 1. The summed E-state index contributed by atoms with van der Waals surface area (Å²) < 4.78 is 5.55. The molecule has 0 N–H and O–H groups in total. The van der Waals surface area contributed by atoms with Crippen molar-refractivity contribution in [2.75, 3.05) is 20.3 Å². The molecule has 2 aliphatic rings. The fourth-order valence-electron chi connectivity index (χ4n) is 4.23. The van der Waals surface area contributed by atoms with Crippen LogP contribution in [0.4, 0.5) is 0 Å². The van der Waals surface area contributed by atoms with E-state index in [1.54, 1.807) is 0 Å². The van der Waals surface area contributed by atoms with Crippen molar-refractivity contribution in [2.45, 2.75) is 83.6 Å². The summed E-state index contributed by atoms with van der Waals surface area (Å²) in [5, 5.41) is 0. The molecule has 0 aromatic rings. The van der Waals surface area contributed by atoms with E-state index in [9.17, 15) is 0 Å². The normalized spacial score (nSPS) is 33.9. The maximum atomic E-state index is 5.55. The summed E-state index contributed by atoms with van der Waals surface area (Å²) in [6.45, 7) is 16.1. The first-order chi connectivity index (χ1) is 8.66. The molecule has 2 saturated heterocycles. The lowest BCUT2D eigenvalue weighted by Crippen LogP contribution is -2.68. The molecular weight excluding hydrogens is 236 g/mol. The van der Waals surface area contributed by atoms with Gasteiger partial charge in [0.1, 0.15) is 0 Å². The van der Waals surface area contributed by atoms with E-state index in [2.05, 4.69) is 51.3 Å². The second kappa shape index (κ2) is 5.01. The Kier molecular flexibility index (Phi) is 4.03. The summed E-state index contributed by atoms with van der Waals surface area (Å²) in [5.41, 5.74) is 0.496. The van der Waals surface area contributed by atoms with E-state index in [4.69, 9.17) is 4.74 Å². The van der Waals surface area contributed by atoms with Gasteiger partial charge in [-0.25, -0.2) is 0 Å². The van der Waals surface area contributed by atoms with E-state index in [1.807, 2.05) is 7.11 Å². The van der Waals surface area contributed by atoms with Crippen LogP contribution in [0.3, 0.4) is 0 Å². The molecule has 112 valence electrons. The third-order valence-corrected chi connectivity index (χ3v) is 4.77. The lowest BCUT2D eigenvalue weighted by atomic mass is 9.92. The first kappa shape index (κ1) is 15.3. The summed E-state index contributed by atoms with van der Waals surface area (Å²) in [6.07, 6.45) is 2.66. The molecule has 3 nitrogen and oxygen atoms in total. The maximum absolute atomic E-state index is 5.55. The molecule has 0 aromatic heterocycles. The zero-order valence-corrected chi connectivity index (χ0v) is 13.9. The van der Waals surface area contributed by atoms with Crippen molar-refractivity contribution in [2.24, 2.45) is 0 Å². The molecule has 2 heterocycles. The maximum Gasteiger partial charge on any atom is 0.0633 e. The molecule has 0 spiro atoms. The molecule has 0 amide bonds. The molecule has 2 bridgehead atoms. The van der Waals surface area contributed by atoms with Crippen LogP contribution < -0.4 is 0 Å². The van der Waals surface area contributed by atoms with Gasteiger partial charge in [0.15, 0.2) is 0 Å². The molecule has 3 atom stereocenters. The van der Waals surface area contributed by atoms with Crippen molar-refractivity contribution in [3.63, 3.8) is 0 Å². The SMILES string of the molecule is COCC1C2CCC(CN1C(C)(C)C)N2C(C)(C)C. The molecule has 3 unspecified atom stereocenters. The van der Waals surface area contributed by atoms with Gasteiger partial charge in [0.05, 0.1) is 6.61 Å². The number of fused-ring (bicyclic) bond motifs is 2. The number of rotatable bonds is 2. The monoisotopic (exact) mass is 268 g/mol. The third kappa shape index (κ3) is 2.84. The number of ether oxygens (including phenoxy) is 1. The van der Waals surface area contributed by atoms with Gasteiger partial charge < -0.3 is 4.74 Å². The summed E-state index contributed by atoms with van der Waals surface area (Å²) in [7, 11) is 1.84. The highest BCUT2D eigenvalue weighted by atomic mass is 16.5. The quantitative estimate of drug-likeness (QED) is 0.766. The number of methoxy groups -OCH3 is 1. The van der Waals surface area contributed by atoms with E-state index < -0.39 is 0 Å². The predicted octanol–water partition coefficient (Wildman–Crippen LogP) is 2.75. The zero-order chi connectivity index (χ0) is 14.4. The second-order valence-electron chi connectivity index (χ2n) is 8.22. The standard InChI is InChI=1S/C16H32N2O/c1-15(2,3)17-10-12-8-9-13(14(17)11-19-7)18(12)16(4,5)6/h12-14H,8-11H2,1-7H3. The Morgan fingerprint density at radius 3 is 2.11 bits per heavy atom. The average molecular weight is 268 g/mol. The van der Waals surface area contributed by atoms with Gasteiger partial charge in [0.25, 0.3) is 0 Å². The van der Waals surface area contributed by atoms with Gasteiger partial charge in [-0.05, 0) is 54.4 Å². The molecule has 0 aromatic carbocycles. The minimum Gasteiger partial charge on any atom is -0.383 e. The Labute approximate surface area is 119 Å². The van der Waals surface area contributed by atoms with Crippen LogP contribution in [-0.2, 0) is 4.74 Å². The number of hydrogen-bond donors (Lipinski definition) is 0. The van der Waals surface area contributed by atoms with Crippen LogP contribution in [-0.4, -0.2) is 59.3 Å². The van der Waals surface area contributed by atoms with Crippen molar-refractivity contribution in [1.29, 1.82) is 0 Å². The van der Waals surface area contributed by atoms with Crippen LogP contribution in [0.25, 0.3) is 0 Å². The van der Waals surface area contributed by atoms with E-state index in [0.29, 0.717) is 12.1 Å². The van der Waals surface area contributed by atoms with Crippen molar-refractivity contribution in [3.8, 4) is 0 Å². The van der Waals surface area contributed by atoms with E-state index in [-0.39, 0.29) is 11.1 Å². The summed E-state index contributed by atoms with van der Waals surface area (Å²) in [4.78, 5) is 5.44. The Bertz CT molecular complexity index is 316. The zero-order valence-electron chi connectivity index (χ0n) is 13.9. The minimum atomic E-state index is 0.230. The smallest absolute Gasteiger partial charge is 0.0633 e. The Morgan fingerprint density at radius 1 is 1.00 bits per heavy atom. The molecule has 2 fully saturated rings. The van der Waals surface area contributed by atoms with Crippen molar-refractivity contribution in [1.82, 2.24) is 9.80 Å². The summed E-state index contributed by atoms with van der Waals surface area (Å²) in [5.74, 6) is 0. The highest BCUT2D eigenvalue weighted by Crippen LogP contribution is 2.41. The van der Waals surface area contributed by atoms with Gasteiger partial charge in [0, 0.05) is 42.9 Å². The first-order valence-electron chi connectivity index (χ1n) is 7.70. The van der Waals surface area contributed by atoms with Gasteiger partial charge in [0.2, 0.25) is 0 Å². The summed E-state index contributed by atoms with van der Waals surface area (Å²) in [6, 6.07) is 1.90. The van der Waals surface area contributed by atoms with Gasteiger partial charge in [-0.1, -0.05) is 0 Å². The topological polar surface area (TPSA) is 15.7 Å². The van der Waals surface area contributed by atoms with Gasteiger partial charge in [-0.2, -0.15) is 0 Å². The highest BCUT2D eigenvalue weighted by molar-refractivity contribution is 5.07. The molecule has 0 aliphatic carbocycles. The largest absolute Gasteiger partial charge is 0.383 e. The predicted molar refractivity (Wildman–Crippen MR) is 80.5 cm³/mol. The summed E-state index contributed by atoms with van der Waals surface area (Å²) >= 11 is 0. The van der Waals surface area contributed by atoms with Gasteiger partial charge >= 0.3 is 0 Å². The van der Waals surface area contributed by atoms with Crippen LogP contribution >= 0.6 is 0 Å². The van der Waals surface area contributed by atoms with E-state index in [1.165, 1.54) is 19.4 Å². The third-order valence-electron chi connectivity index (χ3n) is 4.77. The number of likely N-dealkylation sites (tertiary alicyclic amines) is 1. The van der Waals surface area contributed by atoms with Crippen LogP contribution in [0.15, 0.2) is 0 Å². The fraction of sp³-hybridized carbons (Fsp3) is 1.00. The van der Waals surface area contributed by atoms with Crippen molar-refractivity contribution >= 4 is 0 Å². The lowest BCUT2D eigenvalue weighted by Gasteiger charge is -2.55. The molecule has 0 saturated carbocycles. The van der Waals surface area contributed by atoms with Crippen LogP contribution in [0.2, 0.25) is 0 Å². The lowest BCUT2D eigenvalue weighted by molar-refractivity contribution is -0.0877. The van der Waals surface area contributed by atoms with Crippen LogP contribution in [0.1, 0.15) is 54.4 Å². The molecule has 19 heavy (non-hydrogen) atoms. The molecule has 0 radical (unpaired) electrons. The highest BCUT2D eigenvalue weighted by Gasteiger charge is 2.51. The number of hydrogen-bond acceptors (Lipinski definition) is 3. The fourth-order valence-corrected chi connectivity index (χ4v) is 4.23. The molecule has 3 heteroatoms. The molecule has 2 aliphatic heterocycles. The first-order valence-corrected chi connectivity index (χ1v) is 7.70. The number of nitrogens with zero attached hydrogens (tertiary/aromatic N) is 2. The Hall–Kier alpha value is -0.120. The van der Waals surface area contributed by atoms with Crippen LogP contribution in [0, 0.1) is 0 Å². The Balaban J connectivity index is 2.28.